The second-order valence-corrected chi connectivity index (χ2v) is 6.31. The SMILES string of the molecule is CCN1CCC(c2ccc(OC)cc2)C2CCCCC21. The van der Waals surface area contributed by atoms with E-state index in [1.807, 2.05) is 0 Å². The molecule has 1 aromatic rings. The van der Waals surface area contributed by atoms with E-state index in [1.165, 1.54) is 50.8 Å². The summed E-state index contributed by atoms with van der Waals surface area (Å²) < 4.78 is 5.29. The lowest BCUT2D eigenvalue weighted by Crippen LogP contribution is -2.49. The molecular weight excluding hydrogens is 246 g/mol. The predicted molar refractivity (Wildman–Crippen MR) is 83.3 cm³/mol. The van der Waals surface area contributed by atoms with Gasteiger partial charge in [0.2, 0.25) is 0 Å². The minimum Gasteiger partial charge on any atom is -0.497 e. The number of rotatable bonds is 3. The Morgan fingerprint density at radius 3 is 2.55 bits per heavy atom. The molecular formula is C18H27NO. The molecule has 0 bridgehead atoms. The highest BCUT2D eigenvalue weighted by molar-refractivity contribution is 5.30. The van der Waals surface area contributed by atoms with E-state index in [-0.39, 0.29) is 0 Å². The van der Waals surface area contributed by atoms with E-state index >= 15 is 0 Å². The summed E-state index contributed by atoms with van der Waals surface area (Å²) in [4.78, 5) is 2.73. The van der Waals surface area contributed by atoms with Crippen LogP contribution in [0.2, 0.25) is 0 Å². The number of likely N-dealkylation sites (tertiary alicyclic amines) is 1. The van der Waals surface area contributed by atoms with Crippen LogP contribution in [-0.4, -0.2) is 31.1 Å². The maximum absolute atomic E-state index is 5.29. The second kappa shape index (κ2) is 6.17. The first kappa shape index (κ1) is 13.9. The Hall–Kier alpha value is -1.02. The molecule has 20 heavy (non-hydrogen) atoms. The van der Waals surface area contributed by atoms with Crippen molar-refractivity contribution in [2.75, 3.05) is 20.2 Å². The summed E-state index contributed by atoms with van der Waals surface area (Å²) in [5.41, 5.74) is 1.53. The minimum absolute atomic E-state index is 0.758. The van der Waals surface area contributed by atoms with Crippen molar-refractivity contribution in [2.24, 2.45) is 5.92 Å². The van der Waals surface area contributed by atoms with E-state index in [0.717, 1.165) is 23.6 Å². The molecule has 2 aliphatic rings. The highest BCUT2D eigenvalue weighted by atomic mass is 16.5. The molecule has 2 heteroatoms. The van der Waals surface area contributed by atoms with Crippen molar-refractivity contribution in [3.05, 3.63) is 29.8 Å². The number of nitrogens with zero attached hydrogens (tertiary/aromatic N) is 1. The van der Waals surface area contributed by atoms with Crippen molar-refractivity contribution >= 4 is 0 Å². The predicted octanol–water partition coefficient (Wildman–Crippen LogP) is 4.06. The zero-order valence-corrected chi connectivity index (χ0v) is 12.8. The van der Waals surface area contributed by atoms with E-state index in [1.54, 1.807) is 7.11 Å². The molecule has 0 aromatic heterocycles. The zero-order valence-electron chi connectivity index (χ0n) is 12.8. The monoisotopic (exact) mass is 273 g/mol. The highest BCUT2D eigenvalue weighted by Gasteiger charge is 2.39. The Morgan fingerprint density at radius 1 is 1.10 bits per heavy atom. The third-order valence-electron chi connectivity index (χ3n) is 5.44. The van der Waals surface area contributed by atoms with E-state index in [9.17, 15) is 0 Å². The third-order valence-corrected chi connectivity index (χ3v) is 5.44. The maximum atomic E-state index is 5.29. The first-order chi connectivity index (χ1) is 9.83. The van der Waals surface area contributed by atoms with Crippen molar-refractivity contribution < 1.29 is 4.74 Å². The molecule has 1 aliphatic carbocycles. The molecule has 2 fully saturated rings. The van der Waals surface area contributed by atoms with E-state index < -0.39 is 0 Å². The summed E-state index contributed by atoms with van der Waals surface area (Å²) in [6.45, 7) is 4.81. The molecule has 0 amide bonds. The number of piperidine rings is 1. The van der Waals surface area contributed by atoms with Gasteiger partial charge in [-0.1, -0.05) is 31.9 Å². The van der Waals surface area contributed by atoms with Gasteiger partial charge < -0.3 is 9.64 Å². The van der Waals surface area contributed by atoms with Crippen LogP contribution in [0.15, 0.2) is 24.3 Å². The minimum atomic E-state index is 0.758. The van der Waals surface area contributed by atoms with Crippen LogP contribution in [0.4, 0.5) is 0 Å². The number of hydrogen-bond acceptors (Lipinski definition) is 2. The second-order valence-electron chi connectivity index (χ2n) is 6.31. The Balaban J connectivity index is 1.81. The lowest BCUT2D eigenvalue weighted by molar-refractivity contribution is 0.0491. The summed E-state index contributed by atoms with van der Waals surface area (Å²) >= 11 is 0. The van der Waals surface area contributed by atoms with Gasteiger partial charge in [-0.25, -0.2) is 0 Å². The summed E-state index contributed by atoms with van der Waals surface area (Å²) in [5, 5.41) is 0. The highest BCUT2D eigenvalue weighted by Crippen LogP contribution is 2.44. The molecule has 0 spiro atoms. The number of methoxy groups -OCH3 is 1. The normalized spacial score (nSPS) is 30.8. The van der Waals surface area contributed by atoms with Crippen LogP contribution >= 0.6 is 0 Å². The van der Waals surface area contributed by atoms with Gasteiger partial charge in [0.05, 0.1) is 7.11 Å². The van der Waals surface area contributed by atoms with Crippen molar-refractivity contribution in [1.82, 2.24) is 4.90 Å². The van der Waals surface area contributed by atoms with Gasteiger partial charge in [-0.3, -0.25) is 0 Å². The fraction of sp³-hybridized carbons (Fsp3) is 0.667. The average molecular weight is 273 g/mol. The van der Waals surface area contributed by atoms with Gasteiger partial charge in [-0.2, -0.15) is 0 Å². The lowest BCUT2D eigenvalue weighted by Gasteiger charge is -2.48. The fourth-order valence-corrected chi connectivity index (χ4v) is 4.41. The molecule has 1 heterocycles. The van der Waals surface area contributed by atoms with Gasteiger partial charge in [-0.05, 0) is 61.9 Å². The van der Waals surface area contributed by atoms with Crippen LogP contribution in [0.25, 0.3) is 0 Å². The van der Waals surface area contributed by atoms with Crippen molar-refractivity contribution in [1.29, 1.82) is 0 Å². The first-order valence-corrected chi connectivity index (χ1v) is 8.21. The van der Waals surface area contributed by atoms with Crippen molar-refractivity contribution in [3.63, 3.8) is 0 Å². The molecule has 0 N–H and O–H groups in total. The van der Waals surface area contributed by atoms with Gasteiger partial charge in [0.25, 0.3) is 0 Å². The van der Waals surface area contributed by atoms with Gasteiger partial charge in [0.15, 0.2) is 0 Å². The lowest BCUT2D eigenvalue weighted by atomic mass is 9.69. The van der Waals surface area contributed by atoms with E-state index in [2.05, 4.69) is 36.1 Å². The number of fused-ring (bicyclic) bond motifs is 1. The summed E-state index contributed by atoms with van der Waals surface area (Å²) in [6, 6.07) is 9.65. The molecule has 1 saturated heterocycles. The molecule has 0 radical (unpaired) electrons. The summed E-state index contributed by atoms with van der Waals surface area (Å²) in [7, 11) is 1.74. The number of benzene rings is 1. The molecule has 110 valence electrons. The van der Waals surface area contributed by atoms with Crippen LogP contribution in [0, 0.1) is 5.92 Å². The first-order valence-electron chi connectivity index (χ1n) is 8.21. The van der Waals surface area contributed by atoms with Crippen molar-refractivity contribution in [3.8, 4) is 5.75 Å². The van der Waals surface area contributed by atoms with Gasteiger partial charge in [0.1, 0.15) is 5.75 Å². The standard InChI is InChI=1S/C18H27NO/c1-3-19-13-12-16(17-6-4-5-7-18(17)19)14-8-10-15(20-2)11-9-14/h8-11,16-18H,3-7,12-13H2,1-2H3. The molecule has 3 atom stereocenters. The van der Waals surface area contributed by atoms with Crippen LogP contribution in [0.5, 0.6) is 5.75 Å². The zero-order chi connectivity index (χ0) is 13.9. The summed E-state index contributed by atoms with van der Waals surface area (Å²) in [6.07, 6.45) is 6.99. The Kier molecular flexibility index (Phi) is 4.30. The molecule has 3 rings (SSSR count). The molecule has 1 aromatic carbocycles. The van der Waals surface area contributed by atoms with E-state index in [0.29, 0.717) is 0 Å². The van der Waals surface area contributed by atoms with Gasteiger partial charge in [0, 0.05) is 6.04 Å². The number of ether oxygens (including phenoxy) is 1. The Morgan fingerprint density at radius 2 is 1.85 bits per heavy atom. The Bertz CT molecular complexity index is 428. The number of hydrogen-bond donors (Lipinski definition) is 0. The largest absolute Gasteiger partial charge is 0.497 e. The molecule has 3 unspecified atom stereocenters. The van der Waals surface area contributed by atoms with Crippen LogP contribution in [0.3, 0.4) is 0 Å². The smallest absolute Gasteiger partial charge is 0.118 e. The molecule has 1 aliphatic heterocycles. The fourth-order valence-electron chi connectivity index (χ4n) is 4.41. The van der Waals surface area contributed by atoms with Crippen molar-refractivity contribution in [2.45, 2.75) is 51.0 Å². The van der Waals surface area contributed by atoms with Crippen LogP contribution in [0.1, 0.15) is 50.5 Å². The topological polar surface area (TPSA) is 12.5 Å². The van der Waals surface area contributed by atoms with E-state index in [4.69, 9.17) is 4.74 Å². The quantitative estimate of drug-likeness (QED) is 0.823. The molecule has 2 nitrogen and oxygen atoms in total. The van der Waals surface area contributed by atoms with Gasteiger partial charge >= 0.3 is 0 Å². The Labute approximate surface area is 123 Å². The van der Waals surface area contributed by atoms with Crippen LogP contribution in [-0.2, 0) is 0 Å². The summed E-state index contributed by atoms with van der Waals surface area (Å²) in [5.74, 6) is 2.60. The maximum Gasteiger partial charge on any atom is 0.118 e. The molecule has 1 saturated carbocycles. The average Bonchev–Trinajstić information content (AvgIpc) is 2.54. The van der Waals surface area contributed by atoms with Gasteiger partial charge in [-0.15, -0.1) is 0 Å². The third kappa shape index (κ3) is 2.58. The van der Waals surface area contributed by atoms with Crippen LogP contribution < -0.4 is 4.74 Å².